The molecule has 7 nitrogen and oxygen atoms in total. The van der Waals surface area contributed by atoms with Crippen molar-refractivity contribution in [3.8, 4) is 11.5 Å². The second-order valence-corrected chi connectivity index (χ2v) is 7.80. The molecule has 3 aromatic rings. The van der Waals surface area contributed by atoms with Gasteiger partial charge in [0, 0.05) is 38.3 Å². The molecule has 0 atom stereocenters. The lowest BCUT2D eigenvalue weighted by Crippen LogP contribution is -2.49. The second-order valence-electron chi connectivity index (χ2n) is 7.80. The zero-order valence-corrected chi connectivity index (χ0v) is 17.6. The fourth-order valence-electron chi connectivity index (χ4n) is 3.60. The molecule has 32 heavy (non-hydrogen) atoms. The number of amides is 1. The highest BCUT2D eigenvalue weighted by molar-refractivity contribution is 5.96. The number of benzene rings is 1. The lowest BCUT2D eigenvalue weighted by atomic mass is 10.1. The van der Waals surface area contributed by atoms with Gasteiger partial charge in [-0.1, -0.05) is 26.0 Å². The van der Waals surface area contributed by atoms with Gasteiger partial charge in [-0.05, 0) is 24.3 Å². The Morgan fingerprint density at radius 3 is 2.41 bits per heavy atom. The number of piperazine rings is 1. The van der Waals surface area contributed by atoms with Crippen LogP contribution in [0.4, 0.5) is 19.0 Å². The van der Waals surface area contributed by atoms with Gasteiger partial charge in [0.05, 0.1) is 16.7 Å². The van der Waals surface area contributed by atoms with Crippen molar-refractivity contribution in [2.75, 3.05) is 31.1 Å². The molecule has 0 radical (unpaired) electrons. The number of hydrogen-bond donors (Lipinski definition) is 0. The van der Waals surface area contributed by atoms with E-state index in [1.54, 1.807) is 12.3 Å². The van der Waals surface area contributed by atoms with Crippen molar-refractivity contribution in [2.24, 2.45) is 0 Å². The summed E-state index contributed by atoms with van der Waals surface area (Å²) >= 11 is 0. The van der Waals surface area contributed by atoms with E-state index in [0.717, 1.165) is 6.07 Å². The first-order valence-corrected chi connectivity index (χ1v) is 10.2. The Kier molecular flexibility index (Phi) is 5.86. The maximum atomic E-state index is 13.3. The molecule has 0 aliphatic carbocycles. The van der Waals surface area contributed by atoms with Crippen LogP contribution in [0.2, 0.25) is 0 Å². The number of pyridine rings is 1. The summed E-state index contributed by atoms with van der Waals surface area (Å²) in [6, 6.07) is 8.47. The number of nitrogens with zero attached hydrogens (tertiary/aromatic N) is 5. The van der Waals surface area contributed by atoms with E-state index >= 15 is 0 Å². The monoisotopic (exact) mass is 445 g/mol. The van der Waals surface area contributed by atoms with E-state index in [0.29, 0.717) is 36.3 Å². The lowest BCUT2D eigenvalue weighted by molar-refractivity contribution is -0.138. The molecule has 1 saturated heterocycles. The normalized spacial score (nSPS) is 14.8. The first-order chi connectivity index (χ1) is 15.3. The largest absolute Gasteiger partial charge is 0.420 e. The standard InChI is InChI=1S/C22H22F3N5O2/c1-14(2)19-27-28-20(32-19)16-7-5-9-26-18(16)29-10-12-30(13-11-29)21(31)15-6-3-4-8-17(15)22(23,24)25/h3-9,14H,10-13H2,1-2H3. The molecule has 3 heterocycles. The van der Waals surface area contributed by atoms with Crippen molar-refractivity contribution in [1.29, 1.82) is 0 Å². The molecule has 1 amide bonds. The van der Waals surface area contributed by atoms with Crippen LogP contribution in [0.25, 0.3) is 11.5 Å². The predicted molar refractivity (Wildman–Crippen MR) is 111 cm³/mol. The summed E-state index contributed by atoms with van der Waals surface area (Å²) in [6.45, 7) is 5.26. The summed E-state index contributed by atoms with van der Waals surface area (Å²) in [5.74, 6) is 0.972. The van der Waals surface area contributed by atoms with Crippen molar-refractivity contribution >= 4 is 11.7 Å². The molecule has 0 bridgehead atoms. The third-order valence-electron chi connectivity index (χ3n) is 5.28. The summed E-state index contributed by atoms with van der Waals surface area (Å²) in [5, 5.41) is 8.19. The molecule has 0 unspecified atom stereocenters. The highest BCUT2D eigenvalue weighted by atomic mass is 19.4. The van der Waals surface area contributed by atoms with Gasteiger partial charge in [-0.2, -0.15) is 13.2 Å². The first-order valence-electron chi connectivity index (χ1n) is 10.2. The third-order valence-corrected chi connectivity index (χ3v) is 5.28. The molecule has 0 N–H and O–H groups in total. The van der Waals surface area contributed by atoms with Gasteiger partial charge in [0.15, 0.2) is 0 Å². The van der Waals surface area contributed by atoms with E-state index in [-0.39, 0.29) is 24.6 Å². The zero-order valence-electron chi connectivity index (χ0n) is 17.6. The Labute approximate surface area is 182 Å². The van der Waals surface area contributed by atoms with E-state index in [1.165, 1.54) is 23.1 Å². The van der Waals surface area contributed by atoms with Gasteiger partial charge in [0.2, 0.25) is 5.89 Å². The fraction of sp³-hybridized carbons (Fsp3) is 0.364. The van der Waals surface area contributed by atoms with E-state index in [4.69, 9.17) is 4.42 Å². The van der Waals surface area contributed by atoms with Crippen LogP contribution in [0.3, 0.4) is 0 Å². The van der Waals surface area contributed by atoms with Gasteiger partial charge in [0.1, 0.15) is 5.82 Å². The topological polar surface area (TPSA) is 75.4 Å². The highest BCUT2D eigenvalue weighted by Crippen LogP contribution is 2.33. The van der Waals surface area contributed by atoms with E-state index in [1.807, 2.05) is 24.8 Å². The maximum Gasteiger partial charge on any atom is 0.417 e. The van der Waals surface area contributed by atoms with Gasteiger partial charge >= 0.3 is 6.18 Å². The van der Waals surface area contributed by atoms with Gasteiger partial charge in [-0.3, -0.25) is 4.79 Å². The molecule has 0 spiro atoms. The maximum absolute atomic E-state index is 13.3. The molecule has 1 fully saturated rings. The third kappa shape index (κ3) is 4.30. The van der Waals surface area contributed by atoms with Crippen molar-refractivity contribution in [2.45, 2.75) is 25.9 Å². The Balaban J connectivity index is 1.51. The van der Waals surface area contributed by atoms with Crippen LogP contribution in [0.15, 0.2) is 47.0 Å². The minimum absolute atomic E-state index is 0.0884. The van der Waals surface area contributed by atoms with E-state index in [2.05, 4.69) is 15.2 Å². The minimum atomic E-state index is -4.59. The minimum Gasteiger partial charge on any atom is -0.420 e. The summed E-state index contributed by atoms with van der Waals surface area (Å²) in [4.78, 5) is 20.7. The molecule has 168 valence electrons. The van der Waals surface area contributed by atoms with E-state index < -0.39 is 17.6 Å². The van der Waals surface area contributed by atoms with Crippen LogP contribution in [0, 0.1) is 0 Å². The summed E-state index contributed by atoms with van der Waals surface area (Å²) in [7, 11) is 0. The smallest absolute Gasteiger partial charge is 0.417 e. The number of carbonyl (C=O) groups excluding carboxylic acids is 1. The molecule has 0 saturated carbocycles. The number of hydrogen-bond acceptors (Lipinski definition) is 6. The number of halogens is 3. The fourth-order valence-corrected chi connectivity index (χ4v) is 3.60. The van der Waals surface area contributed by atoms with Crippen LogP contribution in [0.5, 0.6) is 0 Å². The van der Waals surface area contributed by atoms with Gasteiger partial charge in [0.25, 0.3) is 11.8 Å². The van der Waals surface area contributed by atoms with Crippen LogP contribution >= 0.6 is 0 Å². The van der Waals surface area contributed by atoms with Crippen LogP contribution < -0.4 is 4.90 Å². The van der Waals surface area contributed by atoms with Crippen molar-refractivity contribution in [3.05, 3.63) is 59.6 Å². The van der Waals surface area contributed by atoms with Gasteiger partial charge in [-0.15, -0.1) is 10.2 Å². The summed E-state index contributed by atoms with van der Waals surface area (Å²) in [6.07, 6.45) is -2.94. The molecule has 2 aromatic heterocycles. The number of carbonyl (C=O) groups is 1. The number of rotatable bonds is 4. The number of alkyl halides is 3. The molecular formula is C22H22F3N5O2. The molecule has 1 aliphatic heterocycles. The predicted octanol–water partition coefficient (Wildman–Crippen LogP) is 4.24. The summed E-state index contributed by atoms with van der Waals surface area (Å²) in [5.41, 5.74) is -0.579. The molecule has 10 heteroatoms. The Morgan fingerprint density at radius 2 is 1.75 bits per heavy atom. The molecular weight excluding hydrogens is 423 g/mol. The highest BCUT2D eigenvalue weighted by Gasteiger charge is 2.36. The average molecular weight is 445 g/mol. The van der Waals surface area contributed by atoms with Gasteiger partial charge < -0.3 is 14.2 Å². The van der Waals surface area contributed by atoms with Crippen molar-refractivity contribution in [3.63, 3.8) is 0 Å². The zero-order chi connectivity index (χ0) is 22.9. The Bertz CT molecular complexity index is 1100. The number of anilines is 1. The summed E-state index contributed by atoms with van der Waals surface area (Å²) < 4.78 is 45.7. The quantitative estimate of drug-likeness (QED) is 0.598. The molecule has 4 rings (SSSR count). The average Bonchev–Trinajstić information content (AvgIpc) is 3.29. The van der Waals surface area contributed by atoms with Crippen molar-refractivity contribution < 1.29 is 22.4 Å². The van der Waals surface area contributed by atoms with Crippen LogP contribution in [-0.4, -0.2) is 52.2 Å². The molecule has 1 aromatic carbocycles. The lowest BCUT2D eigenvalue weighted by Gasteiger charge is -2.36. The van der Waals surface area contributed by atoms with Crippen molar-refractivity contribution in [1.82, 2.24) is 20.1 Å². The van der Waals surface area contributed by atoms with Crippen LogP contribution in [-0.2, 0) is 6.18 Å². The first kappa shape index (κ1) is 21.8. The second kappa shape index (κ2) is 8.60. The van der Waals surface area contributed by atoms with E-state index in [9.17, 15) is 18.0 Å². The Hall–Kier alpha value is -3.43. The number of aromatic nitrogens is 3. The van der Waals surface area contributed by atoms with Gasteiger partial charge in [-0.25, -0.2) is 4.98 Å². The SMILES string of the molecule is CC(C)c1nnc(-c2cccnc2N2CCN(C(=O)c3ccccc3C(F)(F)F)CC2)o1. The molecule has 1 aliphatic rings. The Morgan fingerprint density at radius 1 is 1.03 bits per heavy atom. The van der Waals surface area contributed by atoms with Crippen LogP contribution in [0.1, 0.15) is 41.6 Å².